The quantitative estimate of drug-likeness (QED) is 0.862. The Morgan fingerprint density at radius 1 is 1.15 bits per heavy atom. The lowest BCUT2D eigenvalue weighted by molar-refractivity contribution is -0.120. The van der Waals surface area contributed by atoms with E-state index in [1.54, 1.807) is 13.2 Å². The second-order valence-corrected chi connectivity index (χ2v) is 6.29. The molecule has 2 aromatic rings. The highest BCUT2D eigenvalue weighted by Crippen LogP contribution is 2.32. The maximum Gasteiger partial charge on any atom is 0.241 e. The first-order valence-electron chi connectivity index (χ1n) is 8.60. The fourth-order valence-corrected chi connectivity index (χ4v) is 2.72. The first-order chi connectivity index (χ1) is 12.6. The number of anilines is 1. The Labute approximate surface area is 153 Å². The average Bonchev–Trinajstić information content (AvgIpc) is 2.67. The van der Waals surface area contributed by atoms with Crippen LogP contribution in [0.25, 0.3) is 0 Å². The van der Waals surface area contributed by atoms with Crippen LogP contribution in [0, 0.1) is 0 Å². The number of nitrogens with zero attached hydrogens (tertiary/aromatic N) is 1. The van der Waals surface area contributed by atoms with Gasteiger partial charge in [0.15, 0.2) is 11.5 Å². The van der Waals surface area contributed by atoms with E-state index in [2.05, 4.69) is 5.32 Å². The summed E-state index contributed by atoms with van der Waals surface area (Å²) in [5.74, 6) is 2.12. The van der Waals surface area contributed by atoms with Gasteiger partial charge in [0, 0.05) is 18.3 Å². The number of likely N-dealkylation sites (N-methyl/N-ethyl adjacent to an activating group) is 1. The molecule has 0 saturated carbocycles. The lowest BCUT2D eigenvalue weighted by atomic mass is 10.1. The van der Waals surface area contributed by atoms with Gasteiger partial charge in [-0.3, -0.25) is 9.69 Å². The van der Waals surface area contributed by atoms with Gasteiger partial charge in [0.05, 0.1) is 13.2 Å². The van der Waals surface area contributed by atoms with Crippen molar-refractivity contribution in [3.8, 4) is 17.2 Å². The van der Waals surface area contributed by atoms with Crippen molar-refractivity contribution in [3.63, 3.8) is 0 Å². The molecule has 1 unspecified atom stereocenters. The van der Waals surface area contributed by atoms with Crippen LogP contribution in [-0.2, 0) is 11.3 Å². The van der Waals surface area contributed by atoms with Gasteiger partial charge in [0.25, 0.3) is 0 Å². The third-order valence-electron chi connectivity index (χ3n) is 4.44. The van der Waals surface area contributed by atoms with Crippen LogP contribution in [0.5, 0.6) is 17.2 Å². The van der Waals surface area contributed by atoms with E-state index >= 15 is 0 Å². The van der Waals surface area contributed by atoms with Gasteiger partial charge in [-0.25, -0.2) is 0 Å². The third kappa shape index (κ3) is 4.26. The molecule has 0 aliphatic carbocycles. The number of amides is 1. The lowest BCUT2D eigenvalue weighted by Crippen LogP contribution is -2.39. The zero-order valence-electron chi connectivity index (χ0n) is 15.3. The highest BCUT2D eigenvalue weighted by molar-refractivity contribution is 5.94. The molecule has 1 aliphatic rings. The van der Waals surface area contributed by atoms with Crippen molar-refractivity contribution < 1.29 is 19.0 Å². The molecule has 0 fully saturated rings. The zero-order chi connectivity index (χ0) is 18.5. The summed E-state index contributed by atoms with van der Waals surface area (Å²) in [5, 5.41) is 2.94. The van der Waals surface area contributed by atoms with Crippen molar-refractivity contribution in [3.05, 3.63) is 48.0 Å². The number of rotatable bonds is 6. The second-order valence-electron chi connectivity index (χ2n) is 6.29. The number of ether oxygens (including phenoxy) is 3. The van der Waals surface area contributed by atoms with Gasteiger partial charge < -0.3 is 19.5 Å². The van der Waals surface area contributed by atoms with E-state index in [1.807, 2.05) is 55.3 Å². The normalized spacial score (nSPS) is 14.0. The minimum Gasteiger partial charge on any atom is -0.497 e. The smallest absolute Gasteiger partial charge is 0.241 e. The van der Waals surface area contributed by atoms with Gasteiger partial charge in [-0.15, -0.1) is 0 Å². The number of carbonyl (C=O) groups excluding carboxylic acids is 1. The molecular formula is C20H24N2O4. The second kappa shape index (κ2) is 8.10. The predicted octanol–water partition coefficient (Wildman–Crippen LogP) is 2.93. The van der Waals surface area contributed by atoms with E-state index in [4.69, 9.17) is 14.2 Å². The van der Waals surface area contributed by atoms with E-state index in [-0.39, 0.29) is 11.9 Å². The molecule has 6 nitrogen and oxygen atoms in total. The van der Waals surface area contributed by atoms with Crippen LogP contribution in [-0.4, -0.2) is 44.2 Å². The molecule has 26 heavy (non-hydrogen) atoms. The van der Waals surface area contributed by atoms with Gasteiger partial charge in [0.2, 0.25) is 5.91 Å². The molecule has 0 spiro atoms. The minimum absolute atomic E-state index is 0.0716. The largest absolute Gasteiger partial charge is 0.497 e. The first kappa shape index (κ1) is 18.1. The Bertz CT molecular complexity index is 761. The summed E-state index contributed by atoms with van der Waals surface area (Å²) in [6, 6.07) is 13.0. The predicted molar refractivity (Wildman–Crippen MR) is 100.0 cm³/mol. The summed E-state index contributed by atoms with van der Waals surface area (Å²) >= 11 is 0. The van der Waals surface area contributed by atoms with Crippen LogP contribution in [0.15, 0.2) is 42.5 Å². The van der Waals surface area contributed by atoms with E-state index < -0.39 is 0 Å². The number of hydrogen-bond donors (Lipinski definition) is 1. The number of methoxy groups -OCH3 is 1. The molecule has 1 N–H and O–H groups in total. The van der Waals surface area contributed by atoms with E-state index in [1.165, 1.54) is 0 Å². The topological polar surface area (TPSA) is 60.0 Å². The molecule has 1 atom stereocenters. The zero-order valence-corrected chi connectivity index (χ0v) is 15.3. The standard InChI is InChI=1S/C20H24N2O4/c1-14(22(2)13-15-4-7-17(24-3)8-5-15)20(23)21-16-6-9-18-19(12-16)26-11-10-25-18/h4-9,12,14H,10-11,13H2,1-3H3,(H,21,23). The van der Waals surface area contributed by atoms with Crippen molar-refractivity contribution in [2.45, 2.75) is 19.5 Å². The molecule has 0 bridgehead atoms. The summed E-state index contributed by atoms with van der Waals surface area (Å²) in [6.45, 7) is 3.62. The molecule has 1 amide bonds. The first-order valence-corrected chi connectivity index (χ1v) is 8.60. The van der Waals surface area contributed by atoms with Crippen molar-refractivity contribution in [1.29, 1.82) is 0 Å². The molecule has 0 aromatic heterocycles. The summed E-state index contributed by atoms with van der Waals surface area (Å²) < 4.78 is 16.2. The number of benzene rings is 2. The van der Waals surface area contributed by atoms with Gasteiger partial charge in [-0.2, -0.15) is 0 Å². The van der Waals surface area contributed by atoms with Crippen molar-refractivity contribution in [2.24, 2.45) is 0 Å². The number of nitrogens with one attached hydrogen (secondary N) is 1. The third-order valence-corrected chi connectivity index (χ3v) is 4.44. The van der Waals surface area contributed by atoms with Gasteiger partial charge in [-0.05, 0) is 43.8 Å². The SMILES string of the molecule is COc1ccc(CN(C)C(C)C(=O)Nc2ccc3c(c2)OCCO3)cc1. The Morgan fingerprint density at radius 2 is 1.85 bits per heavy atom. The average molecular weight is 356 g/mol. The van der Waals surface area contributed by atoms with Crippen LogP contribution < -0.4 is 19.5 Å². The number of carbonyl (C=O) groups is 1. The maximum absolute atomic E-state index is 12.6. The Kier molecular flexibility index (Phi) is 5.63. The monoisotopic (exact) mass is 356 g/mol. The molecular weight excluding hydrogens is 332 g/mol. The molecule has 138 valence electrons. The molecule has 3 rings (SSSR count). The van der Waals surface area contributed by atoms with Gasteiger partial charge >= 0.3 is 0 Å². The van der Waals surface area contributed by atoms with E-state index in [0.29, 0.717) is 36.9 Å². The molecule has 2 aromatic carbocycles. The van der Waals surface area contributed by atoms with Gasteiger partial charge in [0.1, 0.15) is 19.0 Å². The Balaban J connectivity index is 1.59. The van der Waals surface area contributed by atoms with Crippen LogP contribution in [0.3, 0.4) is 0 Å². The number of fused-ring (bicyclic) bond motifs is 1. The van der Waals surface area contributed by atoms with Crippen molar-refractivity contribution >= 4 is 11.6 Å². The van der Waals surface area contributed by atoms with Crippen LogP contribution in [0.4, 0.5) is 5.69 Å². The summed E-state index contributed by atoms with van der Waals surface area (Å²) in [7, 11) is 3.57. The lowest BCUT2D eigenvalue weighted by Gasteiger charge is -2.24. The van der Waals surface area contributed by atoms with Crippen LogP contribution in [0.2, 0.25) is 0 Å². The van der Waals surface area contributed by atoms with E-state index in [0.717, 1.165) is 11.3 Å². The summed E-state index contributed by atoms with van der Waals surface area (Å²) in [5.41, 5.74) is 1.82. The van der Waals surface area contributed by atoms with Crippen LogP contribution in [0.1, 0.15) is 12.5 Å². The number of hydrogen-bond acceptors (Lipinski definition) is 5. The highest BCUT2D eigenvalue weighted by atomic mass is 16.6. The highest BCUT2D eigenvalue weighted by Gasteiger charge is 2.19. The summed E-state index contributed by atoms with van der Waals surface area (Å²) in [4.78, 5) is 14.6. The summed E-state index contributed by atoms with van der Waals surface area (Å²) in [6.07, 6.45) is 0. The molecule has 0 saturated heterocycles. The Morgan fingerprint density at radius 3 is 2.54 bits per heavy atom. The molecule has 0 radical (unpaired) electrons. The maximum atomic E-state index is 12.6. The van der Waals surface area contributed by atoms with Crippen LogP contribution >= 0.6 is 0 Å². The fourth-order valence-electron chi connectivity index (χ4n) is 2.72. The molecule has 6 heteroatoms. The van der Waals surface area contributed by atoms with Crippen molar-refractivity contribution in [1.82, 2.24) is 4.90 Å². The molecule has 1 heterocycles. The molecule has 1 aliphatic heterocycles. The fraction of sp³-hybridized carbons (Fsp3) is 0.350. The van der Waals surface area contributed by atoms with Gasteiger partial charge in [-0.1, -0.05) is 12.1 Å². The van der Waals surface area contributed by atoms with E-state index in [9.17, 15) is 4.79 Å². The Hall–Kier alpha value is -2.73. The van der Waals surface area contributed by atoms with Crippen molar-refractivity contribution in [2.75, 3.05) is 32.7 Å². The minimum atomic E-state index is -0.287.